The number of carbonyl (C=O) groups excluding carboxylic acids is 2. The fraction of sp³-hybridized carbons (Fsp3) is 0.517. The van der Waals surface area contributed by atoms with Crippen molar-refractivity contribution in [3.8, 4) is 0 Å². The minimum Gasteiger partial charge on any atom is -0.444 e. The Kier molecular flexibility index (Phi) is 9.12. The maximum atomic E-state index is 13.6. The Morgan fingerprint density at radius 2 is 1.62 bits per heavy atom. The molecule has 2 aliphatic rings. The van der Waals surface area contributed by atoms with E-state index in [1.807, 2.05) is 30.3 Å². The Hall–Kier alpha value is -3.32. The maximum absolute atomic E-state index is 13.6. The summed E-state index contributed by atoms with van der Waals surface area (Å²) in [5.41, 5.74) is 0.252. The zero-order valence-electron chi connectivity index (χ0n) is 23.8. The Balaban J connectivity index is 1.47. The fourth-order valence-electron chi connectivity index (χ4n) is 5.41. The average Bonchev–Trinajstić information content (AvgIpc) is 3.21. The molecule has 2 aliphatic heterocycles. The second-order valence-electron chi connectivity index (χ2n) is 11.7. The van der Waals surface area contributed by atoms with E-state index in [-0.39, 0.29) is 38.5 Å². The number of sulfonamides is 1. The molecule has 1 N–H and O–H groups in total. The second-order valence-corrected chi connectivity index (χ2v) is 13.6. The molecule has 0 aromatic heterocycles. The molecule has 13 heteroatoms. The standard InChI is InChI=1S/C29H36F3N3O6S/c1-27(2,3)41-26(37)33-23(18-40-17-21-9-5-4-6-10-21)25(36)34-15-13-28(14-16-34)19-35(24-12-8-7-11-22(24)28)42(38,39)20-29(30,31)32/h4-12,23H,13-20H2,1-3H3,(H,33,37)/t23-/m1/s1. The normalized spacial score (nSPS) is 17.6. The van der Waals surface area contributed by atoms with Crippen LogP contribution in [0.5, 0.6) is 0 Å². The second kappa shape index (κ2) is 12.1. The highest BCUT2D eigenvalue weighted by Gasteiger charge is 2.50. The van der Waals surface area contributed by atoms with Gasteiger partial charge in [-0.1, -0.05) is 48.5 Å². The van der Waals surface area contributed by atoms with Gasteiger partial charge in [0.05, 0.1) is 18.9 Å². The molecular formula is C29H36F3N3O6S. The van der Waals surface area contributed by atoms with Crippen molar-refractivity contribution in [2.75, 3.05) is 36.3 Å². The van der Waals surface area contributed by atoms with Crippen molar-refractivity contribution in [1.29, 1.82) is 0 Å². The number of rotatable bonds is 8. The van der Waals surface area contributed by atoms with Crippen LogP contribution in [0.4, 0.5) is 23.7 Å². The van der Waals surface area contributed by atoms with Crippen LogP contribution in [0, 0.1) is 0 Å². The van der Waals surface area contributed by atoms with Gasteiger partial charge in [-0.25, -0.2) is 13.2 Å². The number of halogens is 3. The van der Waals surface area contributed by atoms with Crippen LogP contribution >= 0.6 is 0 Å². The number of amides is 2. The molecule has 1 saturated heterocycles. The van der Waals surface area contributed by atoms with Crippen LogP contribution in [0.2, 0.25) is 0 Å². The first-order valence-corrected chi connectivity index (χ1v) is 15.3. The van der Waals surface area contributed by atoms with Crippen LogP contribution in [0.3, 0.4) is 0 Å². The molecule has 9 nitrogen and oxygen atoms in total. The molecule has 2 aromatic carbocycles. The number of anilines is 1. The summed E-state index contributed by atoms with van der Waals surface area (Å²) in [4.78, 5) is 27.7. The van der Waals surface area contributed by atoms with Crippen LogP contribution in [-0.4, -0.2) is 75.1 Å². The molecule has 0 radical (unpaired) electrons. The van der Waals surface area contributed by atoms with Gasteiger partial charge in [-0.15, -0.1) is 0 Å². The van der Waals surface area contributed by atoms with Gasteiger partial charge in [-0.05, 0) is 50.8 Å². The molecule has 0 unspecified atom stereocenters. The minimum atomic E-state index is -4.88. The van der Waals surface area contributed by atoms with Crippen LogP contribution in [-0.2, 0) is 36.3 Å². The fourth-order valence-corrected chi connectivity index (χ4v) is 6.89. The van der Waals surface area contributed by atoms with E-state index in [0.717, 1.165) is 9.87 Å². The number of para-hydroxylation sites is 1. The molecule has 42 heavy (non-hydrogen) atoms. The molecule has 4 rings (SSSR count). The smallest absolute Gasteiger partial charge is 0.408 e. The third-order valence-electron chi connectivity index (χ3n) is 7.29. The third-order valence-corrected chi connectivity index (χ3v) is 8.98. The predicted molar refractivity (Wildman–Crippen MR) is 150 cm³/mol. The number of likely N-dealkylation sites (tertiary alicyclic amines) is 1. The van der Waals surface area contributed by atoms with E-state index >= 15 is 0 Å². The van der Waals surface area contributed by atoms with Gasteiger partial charge in [0.15, 0.2) is 5.75 Å². The number of piperidine rings is 1. The topological polar surface area (TPSA) is 105 Å². The van der Waals surface area contributed by atoms with Gasteiger partial charge in [0, 0.05) is 25.0 Å². The largest absolute Gasteiger partial charge is 0.444 e. The van der Waals surface area contributed by atoms with E-state index in [1.54, 1.807) is 43.9 Å². The minimum absolute atomic E-state index is 0.110. The lowest BCUT2D eigenvalue weighted by atomic mass is 9.74. The van der Waals surface area contributed by atoms with Gasteiger partial charge in [0.25, 0.3) is 0 Å². The average molecular weight is 612 g/mol. The highest BCUT2D eigenvalue weighted by Crippen LogP contribution is 2.48. The summed E-state index contributed by atoms with van der Waals surface area (Å²) in [6, 6.07) is 14.9. The molecule has 0 bridgehead atoms. The van der Waals surface area contributed by atoms with Gasteiger partial charge < -0.3 is 19.7 Å². The number of nitrogens with one attached hydrogen (secondary N) is 1. The quantitative estimate of drug-likeness (QED) is 0.476. The van der Waals surface area contributed by atoms with Gasteiger partial charge in [0.1, 0.15) is 11.6 Å². The van der Waals surface area contributed by atoms with E-state index in [2.05, 4.69) is 5.32 Å². The summed E-state index contributed by atoms with van der Waals surface area (Å²) >= 11 is 0. The first kappa shape index (κ1) is 31.6. The van der Waals surface area contributed by atoms with Crippen molar-refractivity contribution in [1.82, 2.24) is 10.2 Å². The van der Waals surface area contributed by atoms with Crippen molar-refractivity contribution in [2.24, 2.45) is 0 Å². The van der Waals surface area contributed by atoms with Gasteiger partial charge in [0.2, 0.25) is 15.9 Å². The molecule has 0 aliphatic carbocycles. The van der Waals surface area contributed by atoms with Crippen LogP contribution in [0.25, 0.3) is 0 Å². The van der Waals surface area contributed by atoms with Crippen molar-refractivity contribution in [3.05, 3.63) is 65.7 Å². The summed E-state index contributed by atoms with van der Waals surface area (Å²) in [6.07, 6.45) is -4.99. The van der Waals surface area contributed by atoms with Crippen molar-refractivity contribution in [3.63, 3.8) is 0 Å². The monoisotopic (exact) mass is 611 g/mol. The molecule has 230 valence electrons. The Labute approximate surface area is 244 Å². The molecular weight excluding hydrogens is 575 g/mol. The summed E-state index contributed by atoms with van der Waals surface area (Å²) in [7, 11) is -4.66. The Morgan fingerprint density at radius 1 is 1.00 bits per heavy atom. The Morgan fingerprint density at radius 3 is 2.24 bits per heavy atom. The van der Waals surface area contributed by atoms with Gasteiger partial charge >= 0.3 is 12.3 Å². The number of ether oxygens (including phenoxy) is 2. The van der Waals surface area contributed by atoms with E-state index in [9.17, 15) is 31.2 Å². The SMILES string of the molecule is CC(C)(C)OC(=O)N[C@H](COCc1ccccc1)C(=O)N1CCC2(CC1)CN(S(=O)(=O)CC(F)(F)F)c1ccccc12. The summed E-state index contributed by atoms with van der Waals surface area (Å²) in [6.45, 7) is 5.53. The highest BCUT2D eigenvalue weighted by atomic mass is 32.2. The molecule has 2 amide bonds. The first-order chi connectivity index (χ1) is 19.6. The lowest BCUT2D eigenvalue weighted by Gasteiger charge is -2.41. The first-order valence-electron chi connectivity index (χ1n) is 13.7. The molecule has 2 heterocycles. The summed E-state index contributed by atoms with van der Waals surface area (Å²) in [5.74, 6) is -2.34. The molecule has 1 spiro atoms. The van der Waals surface area contributed by atoms with E-state index < -0.39 is 51.0 Å². The Bertz CT molecular complexity index is 1370. The predicted octanol–water partition coefficient (Wildman–Crippen LogP) is 4.37. The third kappa shape index (κ3) is 7.74. The van der Waals surface area contributed by atoms with Crippen LogP contribution < -0.4 is 9.62 Å². The summed E-state index contributed by atoms with van der Waals surface area (Å²) < 4.78 is 76.8. The van der Waals surface area contributed by atoms with E-state index in [1.165, 1.54) is 6.07 Å². The van der Waals surface area contributed by atoms with Crippen LogP contribution in [0.15, 0.2) is 54.6 Å². The number of fused-ring (bicyclic) bond motifs is 2. The molecule has 0 saturated carbocycles. The number of benzene rings is 2. The zero-order valence-corrected chi connectivity index (χ0v) is 24.6. The number of hydrogen-bond donors (Lipinski definition) is 1. The number of carbonyl (C=O) groups is 2. The van der Waals surface area contributed by atoms with Gasteiger partial charge in [-0.3, -0.25) is 9.10 Å². The maximum Gasteiger partial charge on any atom is 0.408 e. The van der Waals surface area contributed by atoms with E-state index in [0.29, 0.717) is 18.4 Å². The molecule has 1 atom stereocenters. The lowest BCUT2D eigenvalue weighted by molar-refractivity contribution is -0.136. The number of hydrogen-bond acceptors (Lipinski definition) is 6. The zero-order chi connectivity index (χ0) is 30.8. The van der Waals surface area contributed by atoms with E-state index in [4.69, 9.17) is 9.47 Å². The number of alkyl halides is 3. The lowest BCUT2D eigenvalue weighted by Crippen LogP contribution is -2.55. The number of nitrogens with zero attached hydrogens (tertiary/aromatic N) is 2. The number of alkyl carbamates (subject to hydrolysis) is 1. The van der Waals surface area contributed by atoms with Crippen molar-refractivity contribution in [2.45, 2.75) is 63.5 Å². The summed E-state index contributed by atoms with van der Waals surface area (Å²) in [5, 5.41) is 2.61. The van der Waals surface area contributed by atoms with Gasteiger partial charge in [-0.2, -0.15) is 13.2 Å². The van der Waals surface area contributed by atoms with Crippen molar-refractivity contribution < 1.29 is 40.7 Å². The van der Waals surface area contributed by atoms with Crippen LogP contribution in [0.1, 0.15) is 44.7 Å². The molecule has 2 aromatic rings. The highest BCUT2D eigenvalue weighted by molar-refractivity contribution is 7.92. The molecule has 1 fully saturated rings. The van der Waals surface area contributed by atoms with Crippen molar-refractivity contribution >= 4 is 27.7 Å².